The van der Waals surface area contributed by atoms with Gasteiger partial charge in [0.15, 0.2) is 0 Å². The monoisotopic (exact) mass is 268 g/mol. The van der Waals surface area contributed by atoms with Crippen LogP contribution in [0.1, 0.15) is 13.8 Å². The Hall–Kier alpha value is -1.95. The van der Waals surface area contributed by atoms with Crippen molar-refractivity contribution in [3.05, 3.63) is 30.1 Å². The molecule has 0 heterocycles. The molecular formula is C13H17FN2O3. The van der Waals surface area contributed by atoms with Gasteiger partial charge in [-0.15, -0.1) is 0 Å². The van der Waals surface area contributed by atoms with Crippen molar-refractivity contribution in [2.75, 3.05) is 18.5 Å². The number of benzene rings is 1. The van der Waals surface area contributed by atoms with E-state index in [9.17, 15) is 14.0 Å². The Morgan fingerprint density at radius 3 is 2.53 bits per heavy atom. The molecule has 1 aromatic rings. The molecule has 2 N–H and O–H groups in total. The number of esters is 1. The number of hydrogen-bond donors (Lipinski definition) is 2. The Bertz CT molecular complexity index is 434. The van der Waals surface area contributed by atoms with Crippen LogP contribution in [0.2, 0.25) is 0 Å². The highest BCUT2D eigenvalue weighted by Crippen LogP contribution is 2.07. The van der Waals surface area contributed by atoms with E-state index in [1.165, 1.54) is 24.3 Å². The van der Waals surface area contributed by atoms with Crippen molar-refractivity contribution in [1.82, 2.24) is 5.32 Å². The van der Waals surface area contributed by atoms with Crippen LogP contribution < -0.4 is 10.6 Å². The van der Waals surface area contributed by atoms with Gasteiger partial charge in [0.05, 0.1) is 13.2 Å². The molecule has 5 nitrogen and oxygen atoms in total. The number of halogens is 1. The SMILES string of the molecule is CCOC(=O)C(C)NCC(=O)Nc1ccc(F)cc1. The van der Waals surface area contributed by atoms with Crippen LogP contribution >= 0.6 is 0 Å². The lowest BCUT2D eigenvalue weighted by Crippen LogP contribution is -2.40. The molecule has 6 heteroatoms. The molecule has 104 valence electrons. The van der Waals surface area contributed by atoms with Crippen molar-refractivity contribution in [2.45, 2.75) is 19.9 Å². The summed E-state index contributed by atoms with van der Waals surface area (Å²) < 4.78 is 17.5. The van der Waals surface area contributed by atoms with Crippen molar-refractivity contribution < 1.29 is 18.7 Å². The molecule has 0 aliphatic rings. The fourth-order valence-corrected chi connectivity index (χ4v) is 1.33. The lowest BCUT2D eigenvalue weighted by atomic mass is 10.3. The number of amides is 1. The van der Waals surface area contributed by atoms with E-state index in [0.717, 1.165) is 0 Å². The van der Waals surface area contributed by atoms with E-state index >= 15 is 0 Å². The number of rotatable bonds is 6. The molecule has 1 unspecified atom stereocenters. The van der Waals surface area contributed by atoms with E-state index in [0.29, 0.717) is 12.3 Å². The third-order valence-corrected chi connectivity index (χ3v) is 2.34. The Morgan fingerprint density at radius 2 is 1.95 bits per heavy atom. The first-order valence-corrected chi connectivity index (χ1v) is 5.98. The zero-order valence-corrected chi connectivity index (χ0v) is 10.9. The summed E-state index contributed by atoms with van der Waals surface area (Å²) in [5.74, 6) is -1.09. The Kier molecular flexibility index (Phi) is 5.95. The molecule has 19 heavy (non-hydrogen) atoms. The molecule has 0 aromatic heterocycles. The van der Waals surface area contributed by atoms with Gasteiger partial charge in [0.25, 0.3) is 0 Å². The van der Waals surface area contributed by atoms with E-state index < -0.39 is 12.0 Å². The van der Waals surface area contributed by atoms with Gasteiger partial charge >= 0.3 is 5.97 Å². The van der Waals surface area contributed by atoms with Crippen LogP contribution in [-0.2, 0) is 14.3 Å². The summed E-state index contributed by atoms with van der Waals surface area (Å²) in [6.07, 6.45) is 0. The molecule has 0 fully saturated rings. The predicted octanol–water partition coefficient (Wildman–Crippen LogP) is 1.31. The lowest BCUT2D eigenvalue weighted by molar-refractivity contribution is -0.145. The lowest BCUT2D eigenvalue weighted by Gasteiger charge is -2.12. The highest BCUT2D eigenvalue weighted by molar-refractivity contribution is 5.92. The van der Waals surface area contributed by atoms with Crippen LogP contribution in [-0.4, -0.2) is 31.1 Å². The third kappa shape index (κ3) is 5.48. The number of carbonyl (C=O) groups is 2. The first kappa shape index (κ1) is 15.1. The van der Waals surface area contributed by atoms with Gasteiger partial charge in [0, 0.05) is 5.69 Å². The predicted molar refractivity (Wildman–Crippen MR) is 69.1 cm³/mol. The van der Waals surface area contributed by atoms with Crippen molar-refractivity contribution in [2.24, 2.45) is 0 Å². The number of anilines is 1. The Balaban J connectivity index is 2.35. The zero-order chi connectivity index (χ0) is 14.3. The molecule has 1 aromatic carbocycles. The third-order valence-electron chi connectivity index (χ3n) is 2.34. The van der Waals surface area contributed by atoms with E-state index in [1.807, 2.05) is 0 Å². The van der Waals surface area contributed by atoms with Crippen LogP contribution in [0.4, 0.5) is 10.1 Å². The van der Waals surface area contributed by atoms with Crippen LogP contribution in [0.25, 0.3) is 0 Å². The van der Waals surface area contributed by atoms with Gasteiger partial charge in [-0.2, -0.15) is 0 Å². The fraction of sp³-hybridized carbons (Fsp3) is 0.385. The molecule has 0 radical (unpaired) electrons. The second-order valence-corrected chi connectivity index (χ2v) is 3.91. The van der Waals surface area contributed by atoms with Gasteiger partial charge < -0.3 is 10.1 Å². The van der Waals surface area contributed by atoms with Gasteiger partial charge in [0.1, 0.15) is 11.9 Å². The Labute approximate surface area is 111 Å². The first-order chi connectivity index (χ1) is 9.02. The summed E-state index contributed by atoms with van der Waals surface area (Å²) in [7, 11) is 0. The van der Waals surface area contributed by atoms with Crippen LogP contribution in [0, 0.1) is 5.82 Å². The molecule has 0 saturated heterocycles. The van der Waals surface area contributed by atoms with Crippen molar-refractivity contribution in [3.63, 3.8) is 0 Å². The van der Waals surface area contributed by atoms with Crippen molar-refractivity contribution in [1.29, 1.82) is 0 Å². The largest absolute Gasteiger partial charge is 0.465 e. The molecule has 0 spiro atoms. The minimum atomic E-state index is -0.557. The smallest absolute Gasteiger partial charge is 0.322 e. The van der Waals surface area contributed by atoms with E-state index in [4.69, 9.17) is 4.74 Å². The molecule has 1 amide bonds. The average molecular weight is 268 g/mol. The summed E-state index contributed by atoms with van der Waals surface area (Å²) in [5, 5.41) is 5.31. The normalized spacial score (nSPS) is 11.7. The summed E-state index contributed by atoms with van der Waals surface area (Å²) in [5.41, 5.74) is 0.497. The summed E-state index contributed by atoms with van der Waals surface area (Å²) in [6, 6.07) is 4.87. The van der Waals surface area contributed by atoms with Gasteiger partial charge in [-0.25, -0.2) is 4.39 Å². The second-order valence-electron chi connectivity index (χ2n) is 3.91. The molecule has 0 saturated carbocycles. The highest BCUT2D eigenvalue weighted by atomic mass is 19.1. The van der Waals surface area contributed by atoms with Gasteiger partial charge in [-0.05, 0) is 38.1 Å². The minimum absolute atomic E-state index is 0.0304. The second kappa shape index (κ2) is 7.48. The van der Waals surface area contributed by atoms with Gasteiger partial charge in [0.2, 0.25) is 5.91 Å². The summed E-state index contributed by atoms with van der Waals surface area (Å²) >= 11 is 0. The molecule has 1 rings (SSSR count). The standard InChI is InChI=1S/C13H17FN2O3/c1-3-19-13(18)9(2)15-8-12(17)16-11-6-4-10(14)5-7-11/h4-7,9,15H,3,8H2,1-2H3,(H,16,17). The van der Waals surface area contributed by atoms with Crippen molar-refractivity contribution in [3.8, 4) is 0 Å². The Morgan fingerprint density at radius 1 is 1.32 bits per heavy atom. The minimum Gasteiger partial charge on any atom is -0.465 e. The number of hydrogen-bond acceptors (Lipinski definition) is 4. The molecule has 0 aliphatic carbocycles. The zero-order valence-electron chi connectivity index (χ0n) is 10.9. The van der Waals surface area contributed by atoms with Gasteiger partial charge in [-0.3, -0.25) is 14.9 Å². The maximum atomic E-state index is 12.7. The van der Waals surface area contributed by atoms with Gasteiger partial charge in [-0.1, -0.05) is 0 Å². The topological polar surface area (TPSA) is 67.4 Å². The quantitative estimate of drug-likeness (QED) is 0.763. The maximum Gasteiger partial charge on any atom is 0.322 e. The molecule has 0 bridgehead atoms. The van der Waals surface area contributed by atoms with E-state index in [2.05, 4.69) is 10.6 Å². The van der Waals surface area contributed by atoms with Crippen LogP contribution in [0.15, 0.2) is 24.3 Å². The number of carbonyl (C=O) groups excluding carboxylic acids is 2. The molecular weight excluding hydrogens is 251 g/mol. The van der Waals surface area contributed by atoms with Crippen molar-refractivity contribution >= 4 is 17.6 Å². The molecule has 1 atom stereocenters. The maximum absolute atomic E-state index is 12.7. The van der Waals surface area contributed by atoms with Crippen LogP contribution in [0.5, 0.6) is 0 Å². The average Bonchev–Trinajstić information content (AvgIpc) is 2.39. The molecule has 0 aliphatic heterocycles. The van der Waals surface area contributed by atoms with E-state index in [-0.39, 0.29) is 18.3 Å². The van der Waals surface area contributed by atoms with Crippen LogP contribution in [0.3, 0.4) is 0 Å². The first-order valence-electron chi connectivity index (χ1n) is 5.98. The highest BCUT2D eigenvalue weighted by Gasteiger charge is 2.14. The summed E-state index contributed by atoms with van der Waals surface area (Å²) in [6.45, 7) is 3.60. The number of nitrogens with one attached hydrogen (secondary N) is 2. The summed E-state index contributed by atoms with van der Waals surface area (Å²) in [4.78, 5) is 22.9. The van der Waals surface area contributed by atoms with E-state index in [1.54, 1.807) is 13.8 Å². The fourth-order valence-electron chi connectivity index (χ4n) is 1.33. The number of ether oxygens (including phenoxy) is 1.